The van der Waals surface area contributed by atoms with Crippen molar-refractivity contribution in [2.24, 2.45) is 0 Å². The van der Waals surface area contributed by atoms with Crippen LogP contribution in [0.5, 0.6) is 0 Å². The van der Waals surface area contributed by atoms with E-state index in [0.717, 1.165) is 16.3 Å². The SMILES string of the molecule is CN(C)S(=O)(=O)c1cccc(C(=O)N2CCCc3cccc(F)c32)c1. The second-order valence-electron chi connectivity index (χ2n) is 6.12. The number of para-hydroxylation sites is 1. The number of benzene rings is 2. The van der Waals surface area contributed by atoms with Crippen LogP contribution in [0.1, 0.15) is 22.3 Å². The predicted octanol–water partition coefficient (Wildman–Crippen LogP) is 2.67. The number of nitrogens with zero attached hydrogens (tertiary/aromatic N) is 2. The summed E-state index contributed by atoms with van der Waals surface area (Å²) in [6, 6.07) is 10.6. The number of halogens is 1. The number of aryl methyl sites for hydroxylation is 1. The second-order valence-corrected chi connectivity index (χ2v) is 8.28. The molecule has 2 aromatic carbocycles. The molecule has 0 atom stereocenters. The molecule has 0 saturated carbocycles. The summed E-state index contributed by atoms with van der Waals surface area (Å²) in [5, 5.41) is 0. The third kappa shape index (κ3) is 3.17. The zero-order chi connectivity index (χ0) is 18.2. The monoisotopic (exact) mass is 362 g/mol. The van der Waals surface area contributed by atoms with Gasteiger partial charge in [0.15, 0.2) is 0 Å². The molecule has 7 heteroatoms. The zero-order valence-electron chi connectivity index (χ0n) is 14.1. The Hall–Kier alpha value is -2.25. The molecule has 0 saturated heterocycles. The Bertz CT molecular complexity index is 926. The molecule has 1 aliphatic heterocycles. The van der Waals surface area contributed by atoms with E-state index >= 15 is 0 Å². The van der Waals surface area contributed by atoms with Crippen LogP contribution in [0.2, 0.25) is 0 Å². The third-order valence-corrected chi connectivity index (χ3v) is 6.08. The maximum Gasteiger partial charge on any atom is 0.258 e. The van der Waals surface area contributed by atoms with Crippen LogP contribution >= 0.6 is 0 Å². The zero-order valence-corrected chi connectivity index (χ0v) is 14.9. The van der Waals surface area contributed by atoms with Crippen LogP contribution < -0.4 is 4.90 Å². The van der Waals surface area contributed by atoms with Crippen LogP contribution in [0.15, 0.2) is 47.4 Å². The Labute approximate surface area is 146 Å². The molecule has 25 heavy (non-hydrogen) atoms. The summed E-state index contributed by atoms with van der Waals surface area (Å²) in [4.78, 5) is 14.3. The fourth-order valence-electron chi connectivity index (χ4n) is 2.96. The van der Waals surface area contributed by atoms with Gasteiger partial charge < -0.3 is 4.90 Å². The van der Waals surface area contributed by atoms with Crippen molar-refractivity contribution >= 4 is 21.6 Å². The quantitative estimate of drug-likeness (QED) is 0.843. The molecule has 0 fully saturated rings. The maximum atomic E-state index is 14.3. The lowest BCUT2D eigenvalue weighted by molar-refractivity contribution is 0.0984. The standard InChI is InChI=1S/C18H19FN2O3S/c1-20(2)25(23,24)15-9-3-7-14(12-15)18(22)21-11-5-8-13-6-4-10-16(19)17(13)21/h3-4,6-7,9-10,12H,5,8,11H2,1-2H3. The van der Waals surface area contributed by atoms with E-state index in [0.29, 0.717) is 18.7 Å². The van der Waals surface area contributed by atoms with E-state index in [4.69, 9.17) is 0 Å². The smallest absolute Gasteiger partial charge is 0.258 e. The van der Waals surface area contributed by atoms with Crippen molar-refractivity contribution in [3.05, 3.63) is 59.4 Å². The van der Waals surface area contributed by atoms with Crippen LogP contribution in [0.25, 0.3) is 0 Å². The highest BCUT2D eigenvalue weighted by Crippen LogP contribution is 2.31. The molecule has 1 aliphatic rings. The molecule has 1 heterocycles. The van der Waals surface area contributed by atoms with Gasteiger partial charge in [-0.3, -0.25) is 4.79 Å². The van der Waals surface area contributed by atoms with Crippen molar-refractivity contribution in [3.8, 4) is 0 Å². The minimum absolute atomic E-state index is 0.0362. The highest BCUT2D eigenvalue weighted by atomic mass is 32.2. The molecule has 132 valence electrons. The first kappa shape index (κ1) is 17.6. The highest BCUT2D eigenvalue weighted by molar-refractivity contribution is 7.89. The molecule has 0 spiro atoms. The first-order chi connectivity index (χ1) is 11.8. The average molecular weight is 362 g/mol. The highest BCUT2D eigenvalue weighted by Gasteiger charge is 2.27. The van der Waals surface area contributed by atoms with E-state index in [1.54, 1.807) is 12.1 Å². The van der Waals surface area contributed by atoms with Gasteiger partial charge in [0, 0.05) is 26.2 Å². The Balaban J connectivity index is 2.02. The van der Waals surface area contributed by atoms with E-state index in [2.05, 4.69) is 0 Å². The Morgan fingerprint density at radius 3 is 2.60 bits per heavy atom. The minimum atomic E-state index is -3.64. The third-order valence-electron chi connectivity index (χ3n) is 4.27. The van der Waals surface area contributed by atoms with Crippen molar-refractivity contribution in [1.29, 1.82) is 0 Å². The van der Waals surface area contributed by atoms with Crippen LogP contribution in [0, 0.1) is 5.82 Å². The number of carbonyl (C=O) groups excluding carboxylic acids is 1. The average Bonchev–Trinajstić information content (AvgIpc) is 2.61. The number of hydrogen-bond acceptors (Lipinski definition) is 3. The Morgan fingerprint density at radius 1 is 1.16 bits per heavy atom. The van der Waals surface area contributed by atoms with Gasteiger partial charge in [-0.05, 0) is 42.7 Å². The topological polar surface area (TPSA) is 57.7 Å². The molecule has 1 amide bonds. The lowest BCUT2D eigenvalue weighted by Gasteiger charge is -2.30. The van der Waals surface area contributed by atoms with E-state index < -0.39 is 21.7 Å². The van der Waals surface area contributed by atoms with E-state index in [1.165, 1.54) is 43.3 Å². The number of amides is 1. The van der Waals surface area contributed by atoms with Crippen LogP contribution in [0.3, 0.4) is 0 Å². The molecule has 0 unspecified atom stereocenters. The molecule has 5 nitrogen and oxygen atoms in total. The van der Waals surface area contributed by atoms with Gasteiger partial charge in [-0.15, -0.1) is 0 Å². The van der Waals surface area contributed by atoms with Crippen molar-refractivity contribution in [2.75, 3.05) is 25.5 Å². The Morgan fingerprint density at radius 2 is 1.88 bits per heavy atom. The van der Waals surface area contributed by atoms with Crippen molar-refractivity contribution in [3.63, 3.8) is 0 Å². The fourth-order valence-corrected chi connectivity index (χ4v) is 3.91. The minimum Gasteiger partial charge on any atom is -0.305 e. The molecule has 0 N–H and O–H groups in total. The summed E-state index contributed by atoms with van der Waals surface area (Å²) < 4.78 is 39.9. The second kappa shape index (κ2) is 6.57. The molecule has 0 aliphatic carbocycles. The number of anilines is 1. The van der Waals surface area contributed by atoms with Crippen molar-refractivity contribution in [2.45, 2.75) is 17.7 Å². The van der Waals surface area contributed by atoms with Gasteiger partial charge >= 0.3 is 0 Å². The number of hydrogen-bond donors (Lipinski definition) is 0. The lowest BCUT2D eigenvalue weighted by Crippen LogP contribution is -2.36. The van der Waals surface area contributed by atoms with Gasteiger partial charge in [0.2, 0.25) is 10.0 Å². The first-order valence-corrected chi connectivity index (χ1v) is 9.38. The van der Waals surface area contributed by atoms with Gasteiger partial charge in [-0.2, -0.15) is 0 Å². The molecular weight excluding hydrogens is 343 g/mol. The summed E-state index contributed by atoms with van der Waals surface area (Å²) in [7, 11) is -0.783. The van der Waals surface area contributed by atoms with Gasteiger partial charge in [0.05, 0.1) is 10.6 Å². The number of carbonyl (C=O) groups is 1. The van der Waals surface area contributed by atoms with Crippen LogP contribution in [-0.4, -0.2) is 39.3 Å². The Kier molecular flexibility index (Phi) is 4.62. The van der Waals surface area contributed by atoms with E-state index in [-0.39, 0.29) is 10.5 Å². The summed E-state index contributed by atoms with van der Waals surface area (Å²) in [5.41, 5.74) is 1.30. The van der Waals surface area contributed by atoms with E-state index in [1.807, 2.05) is 6.07 Å². The lowest BCUT2D eigenvalue weighted by atomic mass is 10.0. The van der Waals surface area contributed by atoms with Crippen molar-refractivity contribution < 1.29 is 17.6 Å². The molecular formula is C18H19FN2O3S. The van der Waals surface area contributed by atoms with E-state index in [9.17, 15) is 17.6 Å². The van der Waals surface area contributed by atoms with Gasteiger partial charge in [-0.1, -0.05) is 18.2 Å². The summed E-state index contributed by atoms with van der Waals surface area (Å²) >= 11 is 0. The summed E-state index contributed by atoms with van der Waals surface area (Å²) in [6.45, 7) is 0.400. The first-order valence-electron chi connectivity index (χ1n) is 7.94. The van der Waals surface area contributed by atoms with Gasteiger partial charge in [-0.25, -0.2) is 17.1 Å². The number of rotatable bonds is 3. The predicted molar refractivity (Wildman–Crippen MR) is 93.7 cm³/mol. The maximum absolute atomic E-state index is 14.3. The molecule has 0 aromatic heterocycles. The normalized spacial score (nSPS) is 14.5. The molecule has 2 aromatic rings. The summed E-state index contributed by atoms with van der Waals surface area (Å²) in [6.07, 6.45) is 1.45. The van der Waals surface area contributed by atoms with Crippen molar-refractivity contribution in [1.82, 2.24) is 4.31 Å². The number of fused-ring (bicyclic) bond motifs is 1. The van der Waals surface area contributed by atoms with Gasteiger partial charge in [0.1, 0.15) is 5.82 Å². The van der Waals surface area contributed by atoms with Gasteiger partial charge in [0.25, 0.3) is 5.91 Å². The molecule has 3 rings (SSSR count). The largest absolute Gasteiger partial charge is 0.305 e. The molecule has 0 radical (unpaired) electrons. The van der Waals surface area contributed by atoms with Crippen LogP contribution in [-0.2, 0) is 16.4 Å². The number of sulfonamides is 1. The molecule has 0 bridgehead atoms. The fraction of sp³-hybridized carbons (Fsp3) is 0.278. The summed E-state index contributed by atoms with van der Waals surface area (Å²) in [5.74, 6) is -0.843. The van der Waals surface area contributed by atoms with Crippen LogP contribution in [0.4, 0.5) is 10.1 Å².